The summed E-state index contributed by atoms with van der Waals surface area (Å²) in [6.45, 7) is 3.71. The van der Waals surface area contributed by atoms with E-state index in [0.717, 1.165) is 15.7 Å². The van der Waals surface area contributed by atoms with E-state index in [9.17, 15) is 4.79 Å². The van der Waals surface area contributed by atoms with Gasteiger partial charge in [-0.15, -0.1) is 16.4 Å². The molecule has 0 aliphatic heterocycles. The highest BCUT2D eigenvalue weighted by molar-refractivity contribution is 8.00. The van der Waals surface area contributed by atoms with Gasteiger partial charge < -0.3 is 5.11 Å². The molecule has 0 radical (unpaired) electrons. The third-order valence-electron chi connectivity index (χ3n) is 2.11. The molecule has 1 N–H and O–H groups in total. The van der Waals surface area contributed by atoms with E-state index < -0.39 is 5.97 Å². The van der Waals surface area contributed by atoms with Crippen molar-refractivity contribution in [3.05, 3.63) is 22.5 Å². The molecule has 0 aliphatic rings. The van der Waals surface area contributed by atoms with Crippen LogP contribution in [-0.4, -0.2) is 31.2 Å². The summed E-state index contributed by atoms with van der Waals surface area (Å²) < 4.78 is 0.719. The van der Waals surface area contributed by atoms with E-state index in [2.05, 4.69) is 20.2 Å². The Balaban J connectivity index is 2.11. The second-order valence-electron chi connectivity index (χ2n) is 3.54. The van der Waals surface area contributed by atoms with E-state index in [4.69, 9.17) is 5.11 Å². The molecule has 0 atom stereocenters. The Morgan fingerprint density at radius 2 is 2.11 bits per heavy atom. The molecular weight excluding hydrogens is 272 g/mol. The molecule has 0 spiro atoms. The van der Waals surface area contributed by atoms with Crippen LogP contribution in [0.5, 0.6) is 0 Å². The van der Waals surface area contributed by atoms with Gasteiger partial charge in [0.1, 0.15) is 0 Å². The lowest BCUT2D eigenvalue weighted by molar-refractivity contribution is -0.136. The molecule has 8 heteroatoms. The largest absolute Gasteiger partial charge is 0.481 e. The summed E-state index contributed by atoms with van der Waals surface area (Å²) in [5.41, 5.74) is 2.17. The summed E-state index contributed by atoms with van der Waals surface area (Å²) in [4.78, 5) is 19.0. The maximum Gasteiger partial charge on any atom is 0.309 e. The van der Waals surface area contributed by atoms with Crippen molar-refractivity contribution in [2.24, 2.45) is 0 Å². The van der Waals surface area contributed by atoms with Gasteiger partial charge in [0, 0.05) is 5.38 Å². The normalized spacial score (nSPS) is 10.6. The number of carboxylic acids is 1. The zero-order chi connectivity index (χ0) is 13.1. The van der Waals surface area contributed by atoms with Crippen LogP contribution in [0.4, 0.5) is 0 Å². The molecular formula is C10H10N4O2S2. The Morgan fingerprint density at radius 3 is 2.78 bits per heavy atom. The van der Waals surface area contributed by atoms with E-state index in [0.29, 0.717) is 10.9 Å². The SMILES string of the molecule is Cc1nnc(Sc2nc(CC(=O)O)cs2)nc1C. The molecule has 18 heavy (non-hydrogen) atoms. The second kappa shape index (κ2) is 5.40. The first-order valence-electron chi connectivity index (χ1n) is 5.06. The number of rotatable bonds is 4. The van der Waals surface area contributed by atoms with Gasteiger partial charge in [-0.3, -0.25) is 4.79 Å². The van der Waals surface area contributed by atoms with Crippen molar-refractivity contribution in [1.82, 2.24) is 20.2 Å². The summed E-state index contributed by atoms with van der Waals surface area (Å²) in [5, 5.41) is 18.8. The Morgan fingerprint density at radius 1 is 1.33 bits per heavy atom. The minimum atomic E-state index is -0.888. The Bertz CT molecular complexity index is 585. The minimum Gasteiger partial charge on any atom is -0.481 e. The topological polar surface area (TPSA) is 88.9 Å². The highest BCUT2D eigenvalue weighted by Crippen LogP contribution is 2.27. The fraction of sp³-hybridized carbons (Fsp3) is 0.300. The van der Waals surface area contributed by atoms with Gasteiger partial charge in [-0.1, -0.05) is 0 Å². The first-order chi connectivity index (χ1) is 8.54. The van der Waals surface area contributed by atoms with Crippen LogP contribution in [0.15, 0.2) is 14.9 Å². The van der Waals surface area contributed by atoms with Crippen molar-refractivity contribution in [3.8, 4) is 0 Å². The summed E-state index contributed by atoms with van der Waals surface area (Å²) in [5.74, 6) is -0.888. The molecule has 0 amide bonds. The molecule has 2 rings (SSSR count). The number of aryl methyl sites for hydroxylation is 2. The lowest BCUT2D eigenvalue weighted by atomic mass is 10.3. The van der Waals surface area contributed by atoms with Crippen LogP contribution in [-0.2, 0) is 11.2 Å². The molecule has 6 nitrogen and oxygen atoms in total. The number of carbonyl (C=O) groups is 1. The lowest BCUT2D eigenvalue weighted by Crippen LogP contribution is -2.00. The van der Waals surface area contributed by atoms with Crippen LogP contribution in [0.2, 0.25) is 0 Å². The summed E-state index contributed by atoms with van der Waals surface area (Å²) in [6, 6.07) is 0. The van der Waals surface area contributed by atoms with Crippen molar-refractivity contribution < 1.29 is 9.90 Å². The zero-order valence-electron chi connectivity index (χ0n) is 9.75. The van der Waals surface area contributed by atoms with Gasteiger partial charge in [-0.05, 0) is 25.6 Å². The third kappa shape index (κ3) is 3.23. The van der Waals surface area contributed by atoms with Crippen LogP contribution >= 0.6 is 23.1 Å². The van der Waals surface area contributed by atoms with Crippen LogP contribution in [0.1, 0.15) is 17.1 Å². The quantitative estimate of drug-likeness (QED) is 0.913. The highest BCUT2D eigenvalue weighted by atomic mass is 32.2. The molecule has 0 saturated carbocycles. The number of aliphatic carboxylic acids is 1. The summed E-state index contributed by atoms with van der Waals surface area (Å²) in [6.07, 6.45) is -0.0664. The third-order valence-corrected chi connectivity index (χ3v) is 3.96. The molecule has 0 aromatic carbocycles. The van der Waals surface area contributed by atoms with Gasteiger partial charge in [0.2, 0.25) is 5.16 Å². The zero-order valence-corrected chi connectivity index (χ0v) is 11.4. The van der Waals surface area contributed by atoms with E-state index >= 15 is 0 Å². The van der Waals surface area contributed by atoms with Gasteiger partial charge >= 0.3 is 5.97 Å². The first kappa shape index (κ1) is 12.9. The van der Waals surface area contributed by atoms with Crippen LogP contribution in [0.25, 0.3) is 0 Å². The first-order valence-corrected chi connectivity index (χ1v) is 6.76. The number of thiazole rings is 1. The van der Waals surface area contributed by atoms with E-state index in [1.807, 2.05) is 13.8 Å². The molecule has 2 aromatic rings. The van der Waals surface area contributed by atoms with Crippen LogP contribution < -0.4 is 0 Å². The second-order valence-corrected chi connectivity index (χ2v) is 5.62. The fourth-order valence-electron chi connectivity index (χ4n) is 1.13. The van der Waals surface area contributed by atoms with Crippen molar-refractivity contribution >= 4 is 29.1 Å². The number of nitrogens with zero attached hydrogens (tertiary/aromatic N) is 4. The Kier molecular flexibility index (Phi) is 3.87. The smallest absolute Gasteiger partial charge is 0.309 e. The van der Waals surface area contributed by atoms with Gasteiger partial charge in [-0.25, -0.2) is 9.97 Å². The summed E-state index contributed by atoms with van der Waals surface area (Å²) in [7, 11) is 0. The van der Waals surface area contributed by atoms with Gasteiger partial charge in [0.25, 0.3) is 0 Å². The number of hydrogen-bond acceptors (Lipinski definition) is 7. The summed E-state index contributed by atoms with van der Waals surface area (Å²) >= 11 is 2.67. The van der Waals surface area contributed by atoms with E-state index in [-0.39, 0.29) is 6.42 Å². The highest BCUT2D eigenvalue weighted by Gasteiger charge is 2.10. The molecule has 2 aromatic heterocycles. The predicted molar refractivity (Wildman–Crippen MR) is 66.9 cm³/mol. The molecule has 0 fully saturated rings. The maximum absolute atomic E-state index is 10.5. The minimum absolute atomic E-state index is 0.0664. The van der Waals surface area contributed by atoms with Crippen molar-refractivity contribution in [1.29, 1.82) is 0 Å². The molecule has 0 bridgehead atoms. The fourth-order valence-corrected chi connectivity index (χ4v) is 2.82. The number of carboxylic acid groups (broad SMARTS) is 1. The Labute approximate surface area is 112 Å². The standard InChI is InChI=1S/C10H10N4O2S2/c1-5-6(2)13-14-9(11-5)18-10-12-7(4-17-10)3-8(15)16/h4H,3H2,1-2H3,(H,15,16). The Hall–Kier alpha value is -1.54. The van der Waals surface area contributed by atoms with Gasteiger partial charge in [-0.2, -0.15) is 5.10 Å². The van der Waals surface area contributed by atoms with Crippen molar-refractivity contribution in [3.63, 3.8) is 0 Å². The molecule has 94 valence electrons. The van der Waals surface area contributed by atoms with Crippen LogP contribution in [0.3, 0.4) is 0 Å². The van der Waals surface area contributed by atoms with Crippen LogP contribution in [0, 0.1) is 13.8 Å². The monoisotopic (exact) mass is 282 g/mol. The van der Waals surface area contributed by atoms with Crippen molar-refractivity contribution in [2.75, 3.05) is 0 Å². The molecule has 0 aliphatic carbocycles. The number of aromatic nitrogens is 4. The van der Waals surface area contributed by atoms with E-state index in [1.54, 1.807) is 5.38 Å². The molecule has 0 saturated heterocycles. The molecule has 0 unspecified atom stereocenters. The van der Waals surface area contributed by atoms with Gasteiger partial charge in [0.05, 0.1) is 23.5 Å². The van der Waals surface area contributed by atoms with Gasteiger partial charge in [0.15, 0.2) is 4.34 Å². The average Bonchev–Trinajstić information content (AvgIpc) is 2.70. The average molecular weight is 282 g/mol. The number of hydrogen-bond donors (Lipinski definition) is 1. The van der Waals surface area contributed by atoms with E-state index in [1.165, 1.54) is 23.1 Å². The molecule has 2 heterocycles. The predicted octanol–water partition coefficient (Wildman–Crippen LogP) is 1.72. The maximum atomic E-state index is 10.5. The lowest BCUT2D eigenvalue weighted by Gasteiger charge is -1.99. The van der Waals surface area contributed by atoms with Crippen molar-refractivity contribution in [2.45, 2.75) is 29.8 Å².